The molecule has 6 nitrogen and oxygen atoms in total. The van der Waals surface area contributed by atoms with Crippen LogP contribution in [0.25, 0.3) is 10.9 Å². The number of ether oxygens (including phenoxy) is 1. The Morgan fingerprint density at radius 2 is 2.00 bits per heavy atom. The van der Waals surface area contributed by atoms with Crippen LogP contribution in [-0.2, 0) is 21.5 Å². The third kappa shape index (κ3) is 3.15. The topological polar surface area (TPSA) is 65.6 Å². The summed E-state index contributed by atoms with van der Waals surface area (Å²) >= 11 is 0. The van der Waals surface area contributed by atoms with Gasteiger partial charge in [-0.2, -0.15) is 0 Å². The van der Waals surface area contributed by atoms with Crippen LogP contribution in [0.4, 0.5) is 5.69 Å². The number of carbonyl (C=O) groups excluding carboxylic acids is 2. The van der Waals surface area contributed by atoms with Crippen LogP contribution in [-0.4, -0.2) is 41.9 Å². The van der Waals surface area contributed by atoms with Crippen molar-refractivity contribution in [3.05, 3.63) is 59.3 Å². The first kappa shape index (κ1) is 22.5. The summed E-state index contributed by atoms with van der Waals surface area (Å²) in [7, 11) is 1.66. The largest absolute Gasteiger partial charge is 0.497 e. The Bertz CT molecular complexity index is 1260. The number of aromatic nitrogens is 1. The zero-order chi connectivity index (χ0) is 24.0. The summed E-state index contributed by atoms with van der Waals surface area (Å²) in [6.45, 7) is 7.49. The van der Waals surface area contributed by atoms with E-state index in [-0.39, 0.29) is 11.8 Å². The van der Waals surface area contributed by atoms with Gasteiger partial charge in [0, 0.05) is 36.0 Å². The van der Waals surface area contributed by atoms with Crippen molar-refractivity contribution < 1.29 is 14.3 Å². The zero-order valence-electron chi connectivity index (χ0n) is 20.5. The van der Waals surface area contributed by atoms with E-state index in [9.17, 15) is 9.59 Å². The SMILES string of the molecule is CCCC(=O)N1CCc2c([nH]c3ccc(OC)cc23)C12C(=O)N(CCC(C)C)c1ccccc12. The monoisotopic (exact) mass is 459 g/mol. The number of rotatable bonds is 6. The third-order valence-corrected chi connectivity index (χ3v) is 7.30. The minimum atomic E-state index is -1.17. The third-order valence-electron chi connectivity index (χ3n) is 7.30. The van der Waals surface area contributed by atoms with Gasteiger partial charge in [-0.1, -0.05) is 39.0 Å². The second-order valence-electron chi connectivity index (χ2n) is 9.80. The molecule has 3 heterocycles. The van der Waals surface area contributed by atoms with Crippen molar-refractivity contribution in [2.75, 3.05) is 25.1 Å². The molecule has 3 aromatic rings. The van der Waals surface area contributed by atoms with Gasteiger partial charge in [0.25, 0.3) is 5.91 Å². The maximum atomic E-state index is 14.5. The van der Waals surface area contributed by atoms with Crippen molar-refractivity contribution in [3.8, 4) is 5.75 Å². The lowest BCUT2D eigenvalue weighted by atomic mass is 9.79. The second kappa shape index (κ2) is 8.49. The highest BCUT2D eigenvalue weighted by Gasteiger charge is 2.60. The quantitative estimate of drug-likeness (QED) is 0.564. The molecule has 0 radical (unpaired) electrons. The summed E-state index contributed by atoms with van der Waals surface area (Å²) in [4.78, 5) is 35.4. The average Bonchev–Trinajstić information content (AvgIpc) is 3.32. The van der Waals surface area contributed by atoms with Crippen LogP contribution in [0.2, 0.25) is 0 Å². The summed E-state index contributed by atoms with van der Waals surface area (Å²) in [5, 5.41) is 1.06. The first-order valence-electron chi connectivity index (χ1n) is 12.3. The van der Waals surface area contributed by atoms with Gasteiger partial charge in [-0.25, -0.2) is 0 Å². The Labute approximate surface area is 200 Å². The normalized spacial score (nSPS) is 19.3. The number of nitrogens with zero attached hydrogens (tertiary/aromatic N) is 2. The lowest BCUT2D eigenvalue weighted by Gasteiger charge is -2.43. The van der Waals surface area contributed by atoms with Crippen LogP contribution in [0.1, 0.15) is 56.9 Å². The minimum Gasteiger partial charge on any atom is -0.497 e. The van der Waals surface area contributed by atoms with E-state index >= 15 is 0 Å². The van der Waals surface area contributed by atoms with Crippen LogP contribution < -0.4 is 9.64 Å². The van der Waals surface area contributed by atoms with Crippen molar-refractivity contribution in [2.45, 2.75) is 52.0 Å². The number of fused-ring (bicyclic) bond motifs is 6. The fourth-order valence-corrected chi connectivity index (χ4v) is 5.66. The average molecular weight is 460 g/mol. The molecule has 2 aliphatic heterocycles. The fourth-order valence-electron chi connectivity index (χ4n) is 5.66. The van der Waals surface area contributed by atoms with E-state index in [1.165, 1.54) is 0 Å². The number of hydrogen-bond acceptors (Lipinski definition) is 3. The molecule has 1 spiro atoms. The first-order valence-corrected chi connectivity index (χ1v) is 12.3. The molecule has 1 atom stereocenters. The number of carbonyl (C=O) groups is 2. The van der Waals surface area contributed by atoms with E-state index in [1.807, 2.05) is 59.2 Å². The standard InChI is InChI=1S/C28H33N3O3/c1-5-8-25(32)31-16-14-20-21-17-19(34-4)11-12-23(21)29-26(20)28(31)22-9-6-7-10-24(22)30(27(28)33)15-13-18(2)3/h6-7,9-12,17-18,29H,5,8,13-16H2,1-4H3. The van der Waals surface area contributed by atoms with E-state index in [2.05, 4.69) is 18.8 Å². The Morgan fingerprint density at radius 3 is 2.74 bits per heavy atom. The van der Waals surface area contributed by atoms with E-state index in [1.54, 1.807) is 7.11 Å². The fraction of sp³-hybridized carbons (Fsp3) is 0.429. The molecule has 0 saturated heterocycles. The van der Waals surface area contributed by atoms with Gasteiger partial charge in [0.15, 0.2) is 5.54 Å². The molecule has 34 heavy (non-hydrogen) atoms. The van der Waals surface area contributed by atoms with Gasteiger partial charge in [0.1, 0.15) is 5.75 Å². The smallest absolute Gasteiger partial charge is 0.263 e. The predicted octanol–water partition coefficient (Wildman–Crippen LogP) is 5.00. The molecule has 2 amide bonds. The first-order chi connectivity index (χ1) is 16.4. The van der Waals surface area contributed by atoms with Crippen molar-refractivity contribution in [1.82, 2.24) is 9.88 Å². The van der Waals surface area contributed by atoms with Gasteiger partial charge in [-0.15, -0.1) is 0 Å². The Morgan fingerprint density at radius 1 is 1.21 bits per heavy atom. The highest BCUT2D eigenvalue weighted by atomic mass is 16.5. The second-order valence-corrected chi connectivity index (χ2v) is 9.80. The molecule has 1 aromatic heterocycles. The molecule has 1 unspecified atom stereocenters. The summed E-state index contributed by atoms with van der Waals surface area (Å²) in [6.07, 6.45) is 2.76. The lowest BCUT2D eigenvalue weighted by molar-refractivity contribution is -0.145. The molecule has 0 bridgehead atoms. The van der Waals surface area contributed by atoms with Gasteiger partial charge in [0.05, 0.1) is 18.5 Å². The summed E-state index contributed by atoms with van der Waals surface area (Å²) < 4.78 is 5.49. The number of aromatic amines is 1. The van der Waals surface area contributed by atoms with Crippen LogP contribution in [0.15, 0.2) is 42.5 Å². The zero-order valence-corrected chi connectivity index (χ0v) is 20.5. The van der Waals surface area contributed by atoms with E-state index in [4.69, 9.17) is 4.74 Å². The van der Waals surface area contributed by atoms with Gasteiger partial charge in [0.2, 0.25) is 5.91 Å². The summed E-state index contributed by atoms with van der Waals surface area (Å²) in [5.74, 6) is 1.25. The predicted molar refractivity (Wildman–Crippen MR) is 134 cm³/mol. The number of anilines is 1. The number of benzene rings is 2. The lowest BCUT2D eigenvalue weighted by Crippen LogP contribution is -2.59. The number of methoxy groups -OCH3 is 1. The molecular weight excluding hydrogens is 426 g/mol. The number of para-hydroxylation sites is 1. The van der Waals surface area contributed by atoms with Gasteiger partial charge in [-0.05, 0) is 55.0 Å². The molecule has 1 N–H and O–H groups in total. The van der Waals surface area contributed by atoms with Crippen molar-refractivity contribution in [3.63, 3.8) is 0 Å². The van der Waals surface area contributed by atoms with E-state index in [0.29, 0.717) is 31.8 Å². The number of nitrogens with one attached hydrogen (secondary N) is 1. The van der Waals surface area contributed by atoms with Crippen LogP contribution >= 0.6 is 0 Å². The number of H-pyrrole nitrogens is 1. The van der Waals surface area contributed by atoms with E-state index in [0.717, 1.165) is 52.0 Å². The molecule has 0 aliphatic carbocycles. The highest BCUT2D eigenvalue weighted by Crippen LogP contribution is 2.52. The molecule has 178 valence electrons. The molecule has 2 aliphatic rings. The summed E-state index contributed by atoms with van der Waals surface area (Å²) in [5.41, 5.74) is 3.53. The molecule has 5 rings (SSSR count). The minimum absolute atomic E-state index is 0.0262. The van der Waals surface area contributed by atoms with Crippen molar-refractivity contribution in [1.29, 1.82) is 0 Å². The number of amides is 2. The highest BCUT2D eigenvalue weighted by molar-refractivity contribution is 6.12. The van der Waals surface area contributed by atoms with Gasteiger partial charge < -0.3 is 19.5 Å². The Hall–Kier alpha value is -3.28. The Balaban J connectivity index is 1.78. The Kier molecular flexibility index (Phi) is 5.62. The van der Waals surface area contributed by atoms with Crippen molar-refractivity contribution >= 4 is 28.4 Å². The maximum Gasteiger partial charge on any atom is 0.263 e. The van der Waals surface area contributed by atoms with Crippen LogP contribution in [0.5, 0.6) is 5.75 Å². The summed E-state index contributed by atoms with van der Waals surface area (Å²) in [6, 6.07) is 14.0. The van der Waals surface area contributed by atoms with E-state index < -0.39 is 5.54 Å². The molecule has 0 fully saturated rings. The van der Waals surface area contributed by atoms with Crippen LogP contribution in [0.3, 0.4) is 0 Å². The molecular formula is C28H33N3O3. The molecule has 0 saturated carbocycles. The van der Waals surface area contributed by atoms with Gasteiger partial charge >= 0.3 is 0 Å². The number of hydrogen-bond donors (Lipinski definition) is 1. The van der Waals surface area contributed by atoms with Gasteiger partial charge in [-0.3, -0.25) is 9.59 Å². The maximum absolute atomic E-state index is 14.5. The van der Waals surface area contributed by atoms with Crippen molar-refractivity contribution in [2.24, 2.45) is 5.92 Å². The van der Waals surface area contributed by atoms with Crippen LogP contribution in [0, 0.1) is 5.92 Å². The molecule has 6 heteroatoms. The molecule has 2 aromatic carbocycles.